The normalized spacial score (nSPS) is 13.2. The average molecular weight is 307 g/mol. The van der Waals surface area contributed by atoms with Gasteiger partial charge in [-0.25, -0.2) is 0 Å². The molecule has 4 N–H and O–H groups in total. The Labute approximate surface area is 131 Å². The molecule has 0 aliphatic rings. The summed E-state index contributed by atoms with van der Waals surface area (Å²) in [6.45, 7) is 6.44. The summed E-state index contributed by atoms with van der Waals surface area (Å²) in [6.07, 6.45) is -0.512. The summed E-state index contributed by atoms with van der Waals surface area (Å²) in [5, 5.41) is 29.8. The number of nitrogens with one attached hydrogen (secondary N) is 1. The number of benzene rings is 1. The second-order valence-electron chi connectivity index (χ2n) is 5.89. The summed E-state index contributed by atoms with van der Waals surface area (Å²) in [4.78, 5) is 1.02. The lowest BCUT2D eigenvalue weighted by molar-refractivity contribution is -0.904. The minimum atomic E-state index is -0.512. The minimum Gasteiger partial charge on any atom is -0.391 e. The largest absolute Gasteiger partial charge is 0.391 e. The van der Waals surface area contributed by atoms with Crippen LogP contribution in [-0.4, -0.2) is 58.8 Å². The number of nitrogens with zero attached hydrogens (tertiary/aromatic N) is 1. The molecule has 0 saturated heterocycles. The van der Waals surface area contributed by atoms with Gasteiger partial charge in [-0.05, 0) is 25.5 Å². The first kappa shape index (κ1) is 17.0. The van der Waals surface area contributed by atoms with Gasteiger partial charge >= 0.3 is 0 Å². The fourth-order valence-electron chi connectivity index (χ4n) is 3.09. The first-order valence-corrected chi connectivity index (χ1v) is 7.86. The lowest BCUT2D eigenvalue weighted by atomic mass is 10.2. The number of aliphatic hydroxyl groups is 3. The number of hydrogen-bond donors (Lipinski definition) is 4. The SMILES string of the molecule is Cc1c(C)n(C[C@H](O)C[NH+](CCO)CCO)c2ccccc12. The van der Waals surface area contributed by atoms with Crippen molar-refractivity contribution in [1.82, 2.24) is 4.57 Å². The fraction of sp³-hybridized carbons (Fsp3) is 0.529. The number of fused-ring (bicyclic) bond motifs is 1. The van der Waals surface area contributed by atoms with Crippen molar-refractivity contribution in [2.75, 3.05) is 32.8 Å². The average Bonchev–Trinajstić information content (AvgIpc) is 2.73. The molecular formula is C17H27N2O3+. The summed E-state index contributed by atoms with van der Waals surface area (Å²) in [6, 6.07) is 8.23. The van der Waals surface area contributed by atoms with Crippen molar-refractivity contribution >= 4 is 10.9 Å². The fourth-order valence-corrected chi connectivity index (χ4v) is 3.09. The first-order valence-electron chi connectivity index (χ1n) is 7.86. The van der Waals surface area contributed by atoms with E-state index >= 15 is 0 Å². The molecule has 2 rings (SSSR count). The molecule has 1 heterocycles. The third-order valence-corrected chi connectivity index (χ3v) is 4.39. The number of aromatic nitrogens is 1. The van der Waals surface area contributed by atoms with Gasteiger partial charge in [0.25, 0.3) is 0 Å². The van der Waals surface area contributed by atoms with Crippen LogP contribution in [0.1, 0.15) is 11.3 Å². The molecule has 1 aromatic heterocycles. The molecule has 0 saturated carbocycles. The van der Waals surface area contributed by atoms with Crippen LogP contribution in [0.25, 0.3) is 10.9 Å². The molecule has 5 nitrogen and oxygen atoms in total. The molecular weight excluding hydrogens is 280 g/mol. The highest BCUT2D eigenvalue weighted by atomic mass is 16.3. The van der Waals surface area contributed by atoms with Crippen LogP contribution in [0, 0.1) is 13.8 Å². The van der Waals surface area contributed by atoms with Crippen molar-refractivity contribution in [2.24, 2.45) is 0 Å². The molecule has 22 heavy (non-hydrogen) atoms. The molecule has 0 radical (unpaired) electrons. The molecule has 2 aromatic rings. The van der Waals surface area contributed by atoms with Crippen LogP contribution in [0.4, 0.5) is 0 Å². The van der Waals surface area contributed by atoms with E-state index in [1.807, 2.05) is 12.1 Å². The van der Waals surface area contributed by atoms with Gasteiger partial charge in [0.2, 0.25) is 0 Å². The highest BCUT2D eigenvalue weighted by Crippen LogP contribution is 2.24. The van der Waals surface area contributed by atoms with E-state index in [0.29, 0.717) is 26.2 Å². The maximum Gasteiger partial charge on any atom is 0.121 e. The van der Waals surface area contributed by atoms with E-state index < -0.39 is 6.10 Å². The molecule has 1 atom stereocenters. The zero-order valence-electron chi connectivity index (χ0n) is 13.4. The smallest absolute Gasteiger partial charge is 0.121 e. The molecule has 0 bridgehead atoms. The molecule has 0 aliphatic heterocycles. The van der Waals surface area contributed by atoms with Gasteiger partial charge in [-0.3, -0.25) is 0 Å². The van der Waals surface area contributed by atoms with E-state index in [2.05, 4.69) is 30.5 Å². The van der Waals surface area contributed by atoms with E-state index in [9.17, 15) is 5.11 Å². The monoisotopic (exact) mass is 307 g/mol. The van der Waals surface area contributed by atoms with E-state index in [1.165, 1.54) is 16.6 Å². The van der Waals surface area contributed by atoms with Crippen LogP contribution >= 0.6 is 0 Å². The van der Waals surface area contributed by atoms with E-state index in [0.717, 1.165) is 10.4 Å². The van der Waals surface area contributed by atoms with Crippen molar-refractivity contribution < 1.29 is 20.2 Å². The van der Waals surface area contributed by atoms with Crippen molar-refractivity contribution in [3.05, 3.63) is 35.5 Å². The molecule has 1 aromatic carbocycles. The predicted molar refractivity (Wildman–Crippen MR) is 87.2 cm³/mol. The Kier molecular flexibility index (Phi) is 5.97. The molecule has 0 amide bonds. The zero-order chi connectivity index (χ0) is 16.1. The van der Waals surface area contributed by atoms with Crippen molar-refractivity contribution in [2.45, 2.75) is 26.5 Å². The lowest BCUT2D eigenvalue weighted by Gasteiger charge is -2.22. The van der Waals surface area contributed by atoms with Gasteiger partial charge in [0.1, 0.15) is 25.7 Å². The number of para-hydroxylation sites is 1. The van der Waals surface area contributed by atoms with Gasteiger partial charge in [-0.15, -0.1) is 0 Å². The summed E-state index contributed by atoms with van der Waals surface area (Å²) in [5.41, 5.74) is 3.56. The van der Waals surface area contributed by atoms with Gasteiger partial charge in [0, 0.05) is 16.6 Å². The van der Waals surface area contributed by atoms with E-state index in [4.69, 9.17) is 10.2 Å². The minimum absolute atomic E-state index is 0.0621. The Balaban J connectivity index is 2.14. The van der Waals surface area contributed by atoms with Crippen molar-refractivity contribution in [3.8, 4) is 0 Å². The topological polar surface area (TPSA) is 70.1 Å². The third kappa shape index (κ3) is 3.67. The second-order valence-corrected chi connectivity index (χ2v) is 5.89. The molecule has 122 valence electrons. The standard InChI is InChI=1S/C17H26N2O3/c1-13-14(2)19(17-6-4-3-5-16(13)17)12-15(22)11-18(7-9-20)8-10-21/h3-6,15,20-22H,7-12H2,1-2H3/p+1/t15-/m1/s1. The maximum atomic E-state index is 10.4. The number of rotatable bonds is 8. The summed E-state index contributed by atoms with van der Waals surface area (Å²) in [7, 11) is 0. The van der Waals surface area contributed by atoms with Crippen LogP contribution in [-0.2, 0) is 6.54 Å². The van der Waals surface area contributed by atoms with Gasteiger partial charge in [0.15, 0.2) is 0 Å². The third-order valence-electron chi connectivity index (χ3n) is 4.39. The van der Waals surface area contributed by atoms with Crippen molar-refractivity contribution in [3.63, 3.8) is 0 Å². The highest BCUT2D eigenvalue weighted by molar-refractivity contribution is 5.85. The number of hydrogen-bond acceptors (Lipinski definition) is 3. The lowest BCUT2D eigenvalue weighted by Crippen LogP contribution is -3.14. The Morgan fingerprint density at radius 1 is 1.09 bits per heavy atom. The molecule has 0 fully saturated rings. The zero-order valence-corrected chi connectivity index (χ0v) is 13.4. The van der Waals surface area contributed by atoms with Gasteiger partial charge in [-0.1, -0.05) is 18.2 Å². The molecule has 0 unspecified atom stereocenters. The number of aryl methyl sites for hydroxylation is 1. The van der Waals surface area contributed by atoms with E-state index in [1.54, 1.807) is 0 Å². The Morgan fingerprint density at radius 2 is 1.73 bits per heavy atom. The molecule has 0 spiro atoms. The highest BCUT2D eigenvalue weighted by Gasteiger charge is 2.18. The first-order chi connectivity index (χ1) is 10.6. The maximum absolute atomic E-state index is 10.4. The van der Waals surface area contributed by atoms with Gasteiger partial charge in [0.05, 0.1) is 19.8 Å². The summed E-state index contributed by atoms with van der Waals surface area (Å²) >= 11 is 0. The number of quaternary nitrogens is 1. The van der Waals surface area contributed by atoms with Gasteiger partial charge < -0.3 is 24.8 Å². The summed E-state index contributed by atoms with van der Waals surface area (Å²) < 4.78 is 2.16. The van der Waals surface area contributed by atoms with Gasteiger partial charge in [-0.2, -0.15) is 0 Å². The quantitative estimate of drug-likeness (QED) is 0.531. The summed E-state index contributed by atoms with van der Waals surface area (Å²) in [5.74, 6) is 0. The van der Waals surface area contributed by atoms with Crippen LogP contribution in [0.5, 0.6) is 0 Å². The van der Waals surface area contributed by atoms with Crippen LogP contribution in [0.2, 0.25) is 0 Å². The van der Waals surface area contributed by atoms with E-state index in [-0.39, 0.29) is 13.2 Å². The van der Waals surface area contributed by atoms with Crippen LogP contribution in [0.15, 0.2) is 24.3 Å². The molecule has 5 heteroatoms. The van der Waals surface area contributed by atoms with Crippen LogP contribution < -0.4 is 4.90 Å². The Morgan fingerprint density at radius 3 is 2.36 bits per heavy atom. The van der Waals surface area contributed by atoms with Crippen LogP contribution in [0.3, 0.4) is 0 Å². The predicted octanol–water partition coefficient (Wildman–Crippen LogP) is -0.511. The molecule has 0 aliphatic carbocycles. The van der Waals surface area contributed by atoms with Crippen molar-refractivity contribution in [1.29, 1.82) is 0 Å². The Hall–Kier alpha value is -1.40. The number of aliphatic hydroxyl groups excluding tert-OH is 3. The Bertz CT molecular complexity index is 603. The second kappa shape index (κ2) is 7.74.